The van der Waals surface area contributed by atoms with Crippen molar-refractivity contribution in [2.24, 2.45) is 10.8 Å². The van der Waals surface area contributed by atoms with E-state index in [0.29, 0.717) is 0 Å². The predicted octanol–water partition coefficient (Wildman–Crippen LogP) is 2.40. The molecule has 0 saturated carbocycles. The van der Waals surface area contributed by atoms with Crippen molar-refractivity contribution in [1.82, 2.24) is 14.9 Å². The largest absolute Gasteiger partial charge is 0.493 e. The van der Waals surface area contributed by atoms with Crippen LogP contribution in [0.1, 0.15) is 72.1 Å². The van der Waals surface area contributed by atoms with Crippen molar-refractivity contribution in [3.05, 3.63) is 12.0 Å². The Morgan fingerprint density at radius 2 is 1.71 bits per heavy atom. The molecule has 0 unspecified atom stereocenters. The molecule has 0 aromatic carbocycles. The highest BCUT2D eigenvalue weighted by Crippen LogP contribution is 2.23. The normalized spacial score (nSPS) is 14.3. The molecule has 1 aromatic heterocycles. The number of esters is 1. The Bertz CT molecular complexity index is 727. The fourth-order valence-electron chi connectivity index (χ4n) is 1.98. The van der Waals surface area contributed by atoms with Gasteiger partial charge in [-0.15, -0.1) is 0 Å². The van der Waals surface area contributed by atoms with E-state index in [0.717, 1.165) is 0 Å². The average molecular weight is 397 g/mol. The lowest BCUT2D eigenvalue weighted by atomic mass is 9.96. The summed E-state index contributed by atoms with van der Waals surface area (Å²) >= 11 is 0. The number of amides is 2. The number of imide groups is 1. The molecular weight excluding hydrogens is 366 g/mol. The minimum atomic E-state index is -0.796. The zero-order valence-electron chi connectivity index (χ0n) is 17.8. The third-order valence-corrected chi connectivity index (χ3v) is 3.77. The molecule has 0 aliphatic rings. The SMILES string of the molecule is C[C@@H](COC(=O)C(C)(C)C)O[C@H](C)n1cnc(C(=O)NC(=O)C(C)(C)C)c1O. The first-order valence-corrected chi connectivity index (χ1v) is 9.08. The number of aromatic nitrogens is 2. The lowest BCUT2D eigenvalue weighted by molar-refractivity contribution is -0.159. The molecule has 1 rings (SSSR count). The molecule has 0 radical (unpaired) electrons. The van der Waals surface area contributed by atoms with Gasteiger partial charge in [0.15, 0.2) is 5.69 Å². The Hall–Kier alpha value is -2.42. The minimum Gasteiger partial charge on any atom is -0.493 e. The van der Waals surface area contributed by atoms with E-state index in [2.05, 4.69) is 10.3 Å². The Morgan fingerprint density at radius 1 is 1.14 bits per heavy atom. The highest BCUT2D eigenvalue weighted by Gasteiger charge is 2.28. The van der Waals surface area contributed by atoms with Gasteiger partial charge in [-0.2, -0.15) is 0 Å². The molecule has 1 aromatic rings. The summed E-state index contributed by atoms with van der Waals surface area (Å²) < 4.78 is 12.1. The molecule has 0 bridgehead atoms. The van der Waals surface area contributed by atoms with E-state index in [4.69, 9.17) is 9.47 Å². The van der Waals surface area contributed by atoms with E-state index in [1.165, 1.54) is 10.9 Å². The van der Waals surface area contributed by atoms with Crippen LogP contribution in [0.15, 0.2) is 6.33 Å². The number of hydrogen-bond acceptors (Lipinski definition) is 7. The van der Waals surface area contributed by atoms with E-state index < -0.39 is 40.9 Å². The molecule has 0 aliphatic carbocycles. The summed E-state index contributed by atoms with van der Waals surface area (Å²) in [6.07, 6.45) is 0.100. The number of hydrogen-bond donors (Lipinski definition) is 2. The Morgan fingerprint density at radius 3 is 2.21 bits per heavy atom. The van der Waals surface area contributed by atoms with Gasteiger partial charge in [0.2, 0.25) is 11.8 Å². The predicted molar refractivity (Wildman–Crippen MR) is 101 cm³/mol. The number of imidazole rings is 1. The van der Waals surface area contributed by atoms with Crippen molar-refractivity contribution in [2.75, 3.05) is 6.61 Å². The molecular formula is C19H31N3O6. The van der Waals surface area contributed by atoms with Crippen LogP contribution in [0.2, 0.25) is 0 Å². The number of aromatic hydroxyl groups is 1. The van der Waals surface area contributed by atoms with Crippen molar-refractivity contribution in [2.45, 2.75) is 67.7 Å². The lowest BCUT2D eigenvalue weighted by Crippen LogP contribution is -2.39. The third kappa shape index (κ3) is 6.33. The van der Waals surface area contributed by atoms with Crippen molar-refractivity contribution in [1.29, 1.82) is 0 Å². The summed E-state index contributed by atoms with van der Waals surface area (Å²) in [7, 11) is 0. The first kappa shape index (κ1) is 23.6. The van der Waals surface area contributed by atoms with E-state index >= 15 is 0 Å². The molecule has 0 aliphatic heterocycles. The van der Waals surface area contributed by atoms with Gasteiger partial charge in [0, 0.05) is 5.41 Å². The van der Waals surface area contributed by atoms with Crippen molar-refractivity contribution in [3.8, 4) is 5.88 Å². The van der Waals surface area contributed by atoms with Gasteiger partial charge in [0.1, 0.15) is 19.2 Å². The van der Waals surface area contributed by atoms with Gasteiger partial charge >= 0.3 is 5.97 Å². The number of rotatable bonds is 6. The molecule has 2 amide bonds. The summed E-state index contributed by atoms with van der Waals surface area (Å²) in [4.78, 5) is 39.8. The summed E-state index contributed by atoms with van der Waals surface area (Å²) in [6, 6.07) is 0. The van der Waals surface area contributed by atoms with Crippen molar-refractivity contribution in [3.63, 3.8) is 0 Å². The molecule has 0 spiro atoms. The van der Waals surface area contributed by atoms with Gasteiger partial charge in [-0.05, 0) is 34.6 Å². The molecule has 158 valence electrons. The van der Waals surface area contributed by atoms with Crippen LogP contribution in [0.5, 0.6) is 5.88 Å². The summed E-state index contributed by atoms with van der Waals surface area (Å²) in [6.45, 7) is 13.7. The van der Waals surface area contributed by atoms with E-state index in [1.807, 2.05) is 0 Å². The van der Waals surface area contributed by atoms with E-state index in [1.54, 1.807) is 55.4 Å². The number of carbonyl (C=O) groups is 3. The van der Waals surface area contributed by atoms with Crippen LogP contribution < -0.4 is 5.32 Å². The quantitative estimate of drug-likeness (QED) is 0.707. The Labute approximate surface area is 165 Å². The second-order valence-corrected chi connectivity index (χ2v) is 8.75. The maximum Gasteiger partial charge on any atom is 0.311 e. The number of nitrogens with one attached hydrogen (secondary N) is 1. The zero-order chi connectivity index (χ0) is 21.9. The van der Waals surface area contributed by atoms with Gasteiger partial charge in [0.05, 0.1) is 11.5 Å². The van der Waals surface area contributed by atoms with Crippen LogP contribution in [-0.2, 0) is 19.1 Å². The molecule has 0 fully saturated rings. The number of nitrogens with zero attached hydrogens (tertiary/aromatic N) is 2. The van der Waals surface area contributed by atoms with Crippen LogP contribution in [0, 0.1) is 10.8 Å². The molecule has 1 heterocycles. The molecule has 2 N–H and O–H groups in total. The van der Waals surface area contributed by atoms with Gasteiger partial charge in [-0.3, -0.25) is 24.3 Å². The van der Waals surface area contributed by atoms with Gasteiger partial charge in [0.25, 0.3) is 5.91 Å². The van der Waals surface area contributed by atoms with E-state index in [9.17, 15) is 19.5 Å². The third-order valence-electron chi connectivity index (χ3n) is 3.77. The van der Waals surface area contributed by atoms with E-state index in [-0.39, 0.29) is 18.3 Å². The molecule has 2 atom stereocenters. The average Bonchev–Trinajstić information content (AvgIpc) is 2.92. The maximum absolute atomic E-state index is 12.2. The topological polar surface area (TPSA) is 120 Å². The van der Waals surface area contributed by atoms with Crippen molar-refractivity contribution >= 4 is 17.8 Å². The highest BCUT2D eigenvalue weighted by atomic mass is 16.6. The fraction of sp³-hybridized carbons (Fsp3) is 0.684. The zero-order valence-corrected chi connectivity index (χ0v) is 17.8. The van der Waals surface area contributed by atoms with Crippen LogP contribution in [-0.4, -0.2) is 45.2 Å². The summed E-state index contributed by atoms with van der Waals surface area (Å²) in [5.41, 5.74) is -1.65. The maximum atomic E-state index is 12.2. The van der Waals surface area contributed by atoms with Crippen LogP contribution in [0.4, 0.5) is 0 Å². The molecule has 0 saturated heterocycles. The smallest absolute Gasteiger partial charge is 0.311 e. The van der Waals surface area contributed by atoms with Crippen LogP contribution in [0.25, 0.3) is 0 Å². The fourth-order valence-corrected chi connectivity index (χ4v) is 1.98. The number of ether oxygens (including phenoxy) is 2. The Balaban J connectivity index is 2.73. The van der Waals surface area contributed by atoms with Gasteiger partial charge in [-0.1, -0.05) is 20.8 Å². The molecule has 28 heavy (non-hydrogen) atoms. The first-order valence-electron chi connectivity index (χ1n) is 9.08. The number of carbonyl (C=O) groups excluding carboxylic acids is 3. The van der Waals surface area contributed by atoms with Gasteiger partial charge < -0.3 is 14.6 Å². The summed E-state index contributed by atoms with van der Waals surface area (Å²) in [5, 5.41) is 12.5. The molecule has 9 heteroatoms. The highest BCUT2D eigenvalue weighted by molar-refractivity contribution is 6.06. The standard InChI is InChI=1S/C19H31N3O6/c1-11(9-27-17(26)19(6,7)8)28-12(2)22-10-20-13(15(22)24)14(23)21-16(25)18(3,4)5/h10-12,24H,9H2,1-8H3,(H,21,23,25)/t11-,12+/m0/s1. The monoisotopic (exact) mass is 397 g/mol. The van der Waals surface area contributed by atoms with Crippen molar-refractivity contribution < 1.29 is 29.0 Å². The van der Waals surface area contributed by atoms with Crippen LogP contribution in [0.3, 0.4) is 0 Å². The van der Waals surface area contributed by atoms with Crippen LogP contribution >= 0.6 is 0 Å². The first-order chi connectivity index (χ1) is 12.6. The second-order valence-electron chi connectivity index (χ2n) is 8.75. The Kier molecular flexibility index (Phi) is 7.36. The molecule has 9 nitrogen and oxygen atoms in total. The van der Waals surface area contributed by atoms with Gasteiger partial charge in [-0.25, -0.2) is 4.98 Å². The lowest BCUT2D eigenvalue weighted by Gasteiger charge is -2.22. The second kappa shape index (κ2) is 8.72. The summed E-state index contributed by atoms with van der Waals surface area (Å²) in [5.74, 6) is -2.05. The minimum absolute atomic E-state index is 0.0450.